The van der Waals surface area contributed by atoms with E-state index in [1.165, 1.54) is 18.4 Å². The van der Waals surface area contributed by atoms with Gasteiger partial charge in [0.05, 0.1) is 7.11 Å². The van der Waals surface area contributed by atoms with Gasteiger partial charge in [-0.05, 0) is 62.4 Å². The van der Waals surface area contributed by atoms with Crippen LogP contribution in [0.1, 0.15) is 31.2 Å². The predicted molar refractivity (Wildman–Crippen MR) is 91.8 cm³/mol. The molecule has 0 bridgehead atoms. The zero-order valence-corrected chi connectivity index (χ0v) is 14.1. The molecule has 22 heavy (non-hydrogen) atoms. The second kappa shape index (κ2) is 10.5. The molecular formula is C17H27ClN2O2. The van der Waals surface area contributed by atoms with Crippen LogP contribution >= 0.6 is 12.4 Å². The summed E-state index contributed by atoms with van der Waals surface area (Å²) in [6.07, 6.45) is 4.93. The Morgan fingerprint density at radius 2 is 2.14 bits per heavy atom. The third-order valence-electron chi connectivity index (χ3n) is 4.11. The summed E-state index contributed by atoms with van der Waals surface area (Å²) in [7, 11) is 1.67. The minimum atomic E-state index is 0. The molecule has 1 aliphatic heterocycles. The minimum Gasteiger partial charge on any atom is -0.497 e. The quantitative estimate of drug-likeness (QED) is 0.809. The topological polar surface area (TPSA) is 50.4 Å². The lowest BCUT2D eigenvalue weighted by atomic mass is 9.93. The van der Waals surface area contributed by atoms with Gasteiger partial charge in [0.1, 0.15) is 5.75 Å². The van der Waals surface area contributed by atoms with Gasteiger partial charge in [0.25, 0.3) is 0 Å². The highest BCUT2D eigenvalue weighted by Crippen LogP contribution is 2.17. The van der Waals surface area contributed by atoms with Crippen molar-refractivity contribution in [1.29, 1.82) is 0 Å². The van der Waals surface area contributed by atoms with Crippen LogP contribution in [0.15, 0.2) is 24.3 Å². The van der Waals surface area contributed by atoms with Crippen molar-refractivity contribution in [2.75, 3.05) is 26.7 Å². The van der Waals surface area contributed by atoms with Gasteiger partial charge in [0, 0.05) is 13.0 Å². The number of hydrogen-bond acceptors (Lipinski definition) is 3. The molecule has 124 valence electrons. The average Bonchev–Trinajstić information content (AvgIpc) is 2.54. The van der Waals surface area contributed by atoms with Gasteiger partial charge in [-0.3, -0.25) is 4.79 Å². The monoisotopic (exact) mass is 326 g/mol. The van der Waals surface area contributed by atoms with Crippen molar-refractivity contribution in [2.24, 2.45) is 5.92 Å². The summed E-state index contributed by atoms with van der Waals surface area (Å²) in [5, 5.41) is 6.37. The smallest absolute Gasteiger partial charge is 0.220 e. The molecule has 0 spiro atoms. The first-order valence-corrected chi connectivity index (χ1v) is 7.88. The molecule has 1 amide bonds. The average molecular weight is 327 g/mol. The summed E-state index contributed by atoms with van der Waals surface area (Å²) in [4.78, 5) is 11.8. The second-order valence-electron chi connectivity index (χ2n) is 5.68. The first kappa shape index (κ1) is 18.8. The minimum absolute atomic E-state index is 0. The van der Waals surface area contributed by atoms with Gasteiger partial charge in [-0.1, -0.05) is 12.1 Å². The number of hydrogen-bond donors (Lipinski definition) is 2. The SMILES string of the molecule is COc1cccc(CCNC(=O)CCC2CCNCC2)c1.Cl. The van der Waals surface area contributed by atoms with Crippen LogP contribution in [0.3, 0.4) is 0 Å². The van der Waals surface area contributed by atoms with Crippen LogP contribution in [-0.2, 0) is 11.2 Å². The highest BCUT2D eigenvalue weighted by Gasteiger charge is 2.14. The summed E-state index contributed by atoms with van der Waals surface area (Å²) >= 11 is 0. The number of carbonyl (C=O) groups is 1. The maximum absolute atomic E-state index is 11.8. The van der Waals surface area contributed by atoms with Crippen molar-refractivity contribution in [3.63, 3.8) is 0 Å². The van der Waals surface area contributed by atoms with Crippen LogP contribution in [0.2, 0.25) is 0 Å². The zero-order chi connectivity index (χ0) is 14.9. The molecule has 0 unspecified atom stereocenters. The van der Waals surface area contributed by atoms with E-state index in [2.05, 4.69) is 16.7 Å². The lowest BCUT2D eigenvalue weighted by Gasteiger charge is -2.22. The Balaban J connectivity index is 0.00000242. The van der Waals surface area contributed by atoms with Crippen LogP contribution in [0.4, 0.5) is 0 Å². The van der Waals surface area contributed by atoms with Crippen molar-refractivity contribution < 1.29 is 9.53 Å². The van der Waals surface area contributed by atoms with Gasteiger partial charge >= 0.3 is 0 Å². The maximum atomic E-state index is 11.8. The van der Waals surface area contributed by atoms with E-state index in [9.17, 15) is 4.79 Å². The normalized spacial score (nSPS) is 15.0. The first-order chi connectivity index (χ1) is 10.3. The van der Waals surface area contributed by atoms with Crippen molar-refractivity contribution in [2.45, 2.75) is 32.1 Å². The third kappa shape index (κ3) is 6.67. The third-order valence-corrected chi connectivity index (χ3v) is 4.11. The lowest BCUT2D eigenvalue weighted by molar-refractivity contribution is -0.121. The second-order valence-corrected chi connectivity index (χ2v) is 5.68. The molecule has 1 heterocycles. The number of piperidine rings is 1. The highest BCUT2D eigenvalue weighted by molar-refractivity contribution is 5.85. The Labute approximate surface area is 139 Å². The number of halogens is 1. The number of benzene rings is 1. The van der Waals surface area contributed by atoms with Gasteiger partial charge in [-0.2, -0.15) is 0 Å². The summed E-state index contributed by atoms with van der Waals surface area (Å²) < 4.78 is 5.20. The molecule has 1 aromatic carbocycles. The summed E-state index contributed by atoms with van der Waals surface area (Å²) in [5.41, 5.74) is 1.19. The van der Waals surface area contributed by atoms with Crippen molar-refractivity contribution in [3.8, 4) is 5.75 Å². The standard InChI is InChI=1S/C17H26N2O2.ClH/c1-21-16-4-2-3-15(13-16)9-12-19-17(20)6-5-14-7-10-18-11-8-14;/h2-4,13-14,18H,5-12H2,1H3,(H,19,20);1H. The van der Waals surface area contributed by atoms with Crippen LogP contribution in [0.5, 0.6) is 5.75 Å². The number of amides is 1. The van der Waals surface area contributed by atoms with Crippen molar-refractivity contribution in [1.82, 2.24) is 10.6 Å². The van der Waals surface area contributed by atoms with Crippen LogP contribution < -0.4 is 15.4 Å². The Bertz CT molecular complexity index is 448. The molecule has 0 aliphatic carbocycles. The van der Waals surface area contributed by atoms with E-state index in [0.717, 1.165) is 37.6 Å². The van der Waals surface area contributed by atoms with Crippen LogP contribution in [-0.4, -0.2) is 32.7 Å². The molecule has 1 saturated heterocycles. The highest BCUT2D eigenvalue weighted by atomic mass is 35.5. The molecular weight excluding hydrogens is 300 g/mol. The first-order valence-electron chi connectivity index (χ1n) is 7.88. The van der Waals surface area contributed by atoms with Gasteiger partial charge in [-0.25, -0.2) is 0 Å². The molecule has 4 nitrogen and oxygen atoms in total. The molecule has 2 N–H and O–H groups in total. The number of ether oxygens (including phenoxy) is 1. The van der Waals surface area contributed by atoms with Crippen LogP contribution in [0.25, 0.3) is 0 Å². The molecule has 2 rings (SSSR count). The molecule has 0 radical (unpaired) electrons. The zero-order valence-electron chi connectivity index (χ0n) is 13.3. The van der Waals surface area contributed by atoms with E-state index in [1.807, 2.05) is 18.2 Å². The van der Waals surface area contributed by atoms with Gasteiger partial charge in [0.2, 0.25) is 5.91 Å². The van der Waals surface area contributed by atoms with Gasteiger partial charge in [0.15, 0.2) is 0 Å². The van der Waals surface area contributed by atoms with E-state index in [0.29, 0.717) is 13.0 Å². The van der Waals surface area contributed by atoms with Gasteiger partial charge in [-0.15, -0.1) is 12.4 Å². The number of nitrogens with one attached hydrogen (secondary N) is 2. The Hall–Kier alpha value is -1.26. The fourth-order valence-corrected chi connectivity index (χ4v) is 2.77. The Morgan fingerprint density at radius 3 is 2.86 bits per heavy atom. The summed E-state index contributed by atoms with van der Waals surface area (Å²) in [5.74, 6) is 1.76. The van der Waals surface area contributed by atoms with Crippen LogP contribution in [0, 0.1) is 5.92 Å². The Kier molecular flexibility index (Phi) is 8.94. The number of methoxy groups -OCH3 is 1. The summed E-state index contributed by atoms with van der Waals surface area (Å²) in [6.45, 7) is 2.89. The van der Waals surface area contributed by atoms with E-state index in [4.69, 9.17) is 4.74 Å². The Morgan fingerprint density at radius 1 is 1.36 bits per heavy atom. The lowest BCUT2D eigenvalue weighted by Crippen LogP contribution is -2.30. The van der Waals surface area contributed by atoms with E-state index >= 15 is 0 Å². The predicted octanol–water partition coefficient (Wildman–Crippen LogP) is 2.56. The fourth-order valence-electron chi connectivity index (χ4n) is 2.77. The molecule has 1 fully saturated rings. The van der Waals surface area contributed by atoms with E-state index in [-0.39, 0.29) is 18.3 Å². The maximum Gasteiger partial charge on any atom is 0.220 e. The number of carbonyl (C=O) groups excluding carboxylic acids is 1. The molecule has 0 saturated carbocycles. The van der Waals surface area contributed by atoms with Gasteiger partial charge < -0.3 is 15.4 Å². The molecule has 1 aromatic rings. The van der Waals surface area contributed by atoms with E-state index in [1.54, 1.807) is 7.11 Å². The van der Waals surface area contributed by atoms with Crippen molar-refractivity contribution >= 4 is 18.3 Å². The molecule has 1 aliphatic rings. The molecule has 5 heteroatoms. The van der Waals surface area contributed by atoms with E-state index < -0.39 is 0 Å². The number of rotatable bonds is 7. The summed E-state index contributed by atoms with van der Waals surface area (Å²) in [6, 6.07) is 7.99. The molecule has 0 aromatic heterocycles. The molecule has 0 atom stereocenters. The largest absolute Gasteiger partial charge is 0.497 e. The fraction of sp³-hybridized carbons (Fsp3) is 0.588. The van der Waals surface area contributed by atoms with Crippen molar-refractivity contribution in [3.05, 3.63) is 29.8 Å².